The Morgan fingerprint density at radius 1 is 0.909 bits per heavy atom. The summed E-state index contributed by atoms with van der Waals surface area (Å²) < 4.78 is 66.3. The quantitative estimate of drug-likeness (QED) is 0.257. The number of carbonyl (C=O) groups is 1. The lowest BCUT2D eigenvalue weighted by Gasteiger charge is -2.31. The molecule has 1 heterocycles. The molecule has 2 atom stereocenters. The number of amides is 1. The van der Waals surface area contributed by atoms with Gasteiger partial charge in [0.15, 0.2) is 11.5 Å². The molecule has 0 saturated heterocycles. The van der Waals surface area contributed by atoms with Gasteiger partial charge in [-0.05, 0) is 29.2 Å². The molecular weight excluding hydrogens is 606 g/mol. The van der Waals surface area contributed by atoms with Crippen molar-refractivity contribution >= 4 is 26.0 Å². The standard InChI is InChI=1S/C31H39N3O8S2/c1-23(2)19-34(44(39,40)26-14-15-28-29(18-26)42-22-41-28)21-27(35)31(25-12-8-5-9-13-25)32-30(36)16-17-43(37,38)33(3)20-24-10-6-4-7-11-24/h4-15,18,23,27,31,35H,16-17,19-22H2,1-3H3,(H,32,36)/t27-,31+/m1/s1. The summed E-state index contributed by atoms with van der Waals surface area (Å²) >= 11 is 0. The first-order valence-electron chi connectivity index (χ1n) is 14.3. The van der Waals surface area contributed by atoms with E-state index in [9.17, 15) is 26.7 Å². The molecule has 1 amide bonds. The smallest absolute Gasteiger partial charge is 0.243 e. The summed E-state index contributed by atoms with van der Waals surface area (Å²) in [6, 6.07) is 21.1. The lowest BCUT2D eigenvalue weighted by atomic mass is 10.0. The molecule has 0 aliphatic carbocycles. The average Bonchev–Trinajstić information content (AvgIpc) is 3.47. The Hall–Kier alpha value is -3.49. The number of fused-ring (bicyclic) bond motifs is 1. The first kappa shape index (κ1) is 33.4. The molecule has 44 heavy (non-hydrogen) atoms. The predicted molar refractivity (Wildman–Crippen MR) is 166 cm³/mol. The SMILES string of the molecule is CC(C)CN(C[C@@H](O)[C@@H](NC(=O)CCS(=O)(=O)N(C)Cc1ccccc1)c1ccccc1)S(=O)(=O)c1ccc2c(c1)OCO2. The van der Waals surface area contributed by atoms with Gasteiger partial charge in [-0.3, -0.25) is 4.79 Å². The van der Waals surface area contributed by atoms with Gasteiger partial charge >= 0.3 is 0 Å². The van der Waals surface area contributed by atoms with Gasteiger partial charge in [0.2, 0.25) is 32.7 Å². The first-order valence-corrected chi connectivity index (χ1v) is 17.3. The maximum absolute atomic E-state index is 13.8. The number of carbonyl (C=O) groups excluding carboxylic acids is 1. The molecule has 0 unspecified atom stereocenters. The number of ether oxygens (including phenoxy) is 2. The highest BCUT2D eigenvalue weighted by atomic mass is 32.2. The van der Waals surface area contributed by atoms with E-state index in [-0.39, 0.29) is 43.7 Å². The maximum atomic E-state index is 13.8. The normalized spacial score (nSPS) is 14.6. The maximum Gasteiger partial charge on any atom is 0.243 e. The Balaban J connectivity index is 1.49. The summed E-state index contributed by atoms with van der Waals surface area (Å²) in [5, 5.41) is 14.2. The fourth-order valence-electron chi connectivity index (χ4n) is 4.80. The molecule has 0 bridgehead atoms. The molecule has 0 spiro atoms. The van der Waals surface area contributed by atoms with Crippen LogP contribution in [0, 0.1) is 5.92 Å². The predicted octanol–water partition coefficient (Wildman–Crippen LogP) is 3.13. The summed E-state index contributed by atoms with van der Waals surface area (Å²) in [5.74, 6) is -0.343. The average molecular weight is 646 g/mol. The zero-order valence-electron chi connectivity index (χ0n) is 25.0. The van der Waals surface area contributed by atoms with Gasteiger partial charge in [-0.25, -0.2) is 21.1 Å². The molecule has 1 aliphatic heterocycles. The minimum absolute atomic E-state index is 0.00365. The molecule has 0 saturated carbocycles. The number of aliphatic hydroxyl groups is 1. The van der Waals surface area contributed by atoms with Crippen molar-refractivity contribution in [2.24, 2.45) is 5.92 Å². The number of aliphatic hydroxyl groups excluding tert-OH is 1. The minimum Gasteiger partial charge on any atom is -0.454 e. The second-order valence-electron chi connectivity index (χ2n) is 11.1. The highest BCUT2D eigenvalue weighted by Crippen LogP contribution is 2.35. The van der Waals surface area contributed by atoms with E-state index in [0.717, 1.165) is 5.56 Å². The van der Waals surface area contributed by atoms with E-state index in [4.69, 9.17) is 9.47 Å². The van der Waals surface area contributed by atoms with Gasteiger partial charge in [0.25, 0.3) is 0 Å². The number of nitrogens with one attached hydrogen (secondary N) is 1. The van der Waals surface area contributed by atoms with Crippen LogP contribution in [0.15, 0.2) is 83.8 Å². The third kappa shape index (κ3) is 8.57. The summed E-state index contributed by atoms with van der Waals surface area (Å²) in [5.41, 5.74) is 1.36. The largest absolute Gasteiger partial charge is 0.454 e. The van der Waals surface area contributed by atoms with Crippen molar-refractivity contribution < 1.29 is 36.2 Å². The Labute approximate surface area is 259 Å². The van der Waals surface area contributed by atoms with Crippen molar-refractivity contribution in [1.29, 1.82) is 0 Å². The molecule has 11 nitrogen and oxygen atoms in total. The number of hydrogen-bond donors (Lipinski definition) is 2. The molecule has 0 radical (unpaired) electrons. The number of sulfonamides is 2. The number of benzene rings is 3. The monoisotopic (exact) mass is 645 g/mol. The van der Waals surface area contributed by atoms with E-state index in [1.807, 2.05) is 44.2 Å². The third-order valence-electron chi connectivity index (χ3n) is 7.11. The molecule has 0 fully saturated rings. The van der Waals surface area contributed by atoms with Crippen molar-refractivity contribution in [3.63, 3.8) is 0 Å². The fourth-order valence-corrected chi connectivity index (χ4v) is 7.54. The summed E-state index contributed by atoms with van der Waals surface area (Å²) in [4.78, 5) is 13.1. The minimum atomic E-state index is -4.08. The summed E-state index contributed by atoms with van der Waals surface area (Å²) in [7, 11) is -6.38. The zero-order chi connectivity index (χ0) is 31.9. The van der Waals surface area contributed by atoms with Crippen LogP contribution in [0.3, 0.4) is 0 Å². The van der Waals surface area contributed by atoms with Crippen LogP contribution >= 0.6 is 0 Å². The van der Waals surface area contributed by atoms with Crippen molar-refractivity contribution in [1.82, 2.24) is 13.9 Å². The summed E-state index contributed by atoms with van der Waals surface area (Å²) in [6.07, 6.45) is -1.70. The van der Waals surface area contributed by atoms with Crippen molar-refractivity contribution in [3.05, 3.63) is 90.0 Å². The van der Waals surface area contributed by atoms with Gasteiger partial charge in [0.05, 0.1) is 22.8 Å². The van der Waals surface area contributed by atoms with Crippen molar-refractivity contribution in [2.45, 2.75) is 43.9 Å². The first-order chi connectivity index (χ1) is 20.9. The van der Waals surface area contributed by atoms with E-state index in [1.165, 1.54) is 33.9 Å². The van der Waals surface area contributed by atoms with Gasteiger partial charge in [-0.2, -0.15) is 4.31 Å². The Morgan fingerprint density at radius 3 is 2.20 bits per heavy atom. The van der Waals surface area contributed by atoms with Gasteiger partial charge in [0.1, 0.15) is 0 Å². The van der Waals surface area contributed by atoms with Gasteiger partial charge < -0.3 is 19.9 Å². The van der Waals surface area contributed by atoms with Crippen LogP contribution in [0.5, 0.6) is 11.5 Å². The molecule has 238 valence electrons. The number of rotatable bonds is 15. The number of hydrogen-bond acceptors (Lipinski definition) is 8. The van der Waals surface area contributed by atoms with Crippen LogP contribution in [-0.4, -0.2) is 75.2 Å². The highest BCUT2D eigenvalue weighted by molar-refractivity contribution is 7.89. The topological polar surface area (TPSA) is 143 Å². The van der Waals surface area contributed by atoms with Crippen LogP contribution in [0.4, 0.5) is 0 Å². The zero-order valence-corrected chi connectivity index (χ0v) is 26.6. The fraction of sp³-hybridized carbons (Fsp3) is 0.387. The van der Waals surface area contributed by atoms with E-state index in [0.29, 0.717) is 17.1 Å². The van der Waals surface area contributed by atoms with Crippen molar-refractivity contribution in [2.75, 3.05) is 32.7 Å². The second-order valence-corrected chi connectivity index (χ2v) is 15.2. The van der Waals surface area contributed by atoms with Crippen LogP contribution in [0.25, 0.3) is 0 Å². The number of nitrogens with zero attached hydrogens (tertiary/aromatic N) is 2. The van der Waals surface area contributed by atoms with Gasteiger partial charge in [0, 0.05) is 39.2 Å². The second kappa shape index (κ2) is 14.5. The third-order valence-corrected chi connectivity index (χ3v) is 10.7. The van der Waals surface area contributed by atoms with Crippen LogP contribution in [0.2, 0.25) is 0 Å². The van der Waals surface area contributed by atoms with E-state index < -0.39 is 43.9 Å². The lowest BCUT2D eigenvalue weighted by Crippen LogP contribution is -2.46. The van der Waals surface area contributed by atoms with Gasteiger partial charge in [-0.15, -0.1) is 0 Å². The molecule has 3 aromatic rings. The van der Waals surface area contributed by atoms with Crippen LogP contribution in [0.1, 0.15) is 37.4 Å². The lowest BCUT2D eigenvalue weighted by molar-refractivity contribution is -0.122. The van der Waals surface area contributed by atoms with Crippen LogP contribution in [-0.2, 0) is 31.4 Å². The van der Waals surface area contributed by atoms with Crippen molar-refractivity contribution in [3.8, 4) is 11.5 Å². The molecular formula is C31H39N3O8S2. The Morgan fingerprint density at radius 2 is 1.55 bits per heavy atom. The molecule has 0 aromatic heterocycles. The molecule has 3 aromatic carbocycles. The molecule has 4 rings (SSSR count). The van der Waals surface area contributed by atoms with E-state index in [1.54, 1.807) is 30.3 Å². The van der Waals surface area contributed by atoms with Crippen LogP contribution < -0.4 is 14.8 Å². The molecule has 2 N–H and O–H groups in total. The molecule has 1 aliphatic rings. The van der Waals surface area contributed by atoms with Gasteiger partial charge in [-0.1, -0.05) is 74.5 Å². The summed E-state index contributed by atoms with van der Waals surface area (Å²) in [6.45, 7) is 3.67. The Bertz CT molecular complexity index is 1620. The van der Waals surface area contributed by atoms with E-state index in [2.05, 4.69) is 5.32 Å². The Kier molecular flexibility index (Phi) is 11.0. The highest BCUT2D eigenvalue weighted by Gasteiger charge is 2.33. The van der Waals surface area contributed by atoms with E-state index >= 15 is 0 Å². The molecule has 13 heteroatoms.